The summed E-state index contributed by atoms with van der Waals surface area (Å²) in [6, 6.07) is 15.1. The Morgan fingerprint density at radius 3 is 2.62 bits per heavy atom. The summed E-state index contributed by atoms with van der Waals surface area (Å²) in [6.07, 6.45) is 2.40. The van der Waals surface area contributed by atoms with Crippen LogP contribution in [0.15, 0.2) is 57.9 Å². The number of rotatable bonds is 8. The number of hydrogen-bond acceptors (Lipinski definition) is 3. The molecule has 1 atom stereocenters. The smallest absolute Gasteiger partial charge is 0.237 e. The molecule has 2 rings (SSSR count). The molecule has 138 valence electrons. The van der Waals surface area contributed by atoms with Crippen LogP contribution in [-0.4, -0.2) is 17.1 Å². The highest BCUT2D eigenvalue weighted by molar-refractivity contribution is 9.10. The zero-order chi connectivity index (χ0) is 18.9. The predicted molar refractivity (Wildman–Crippen MR) is 113 cm³/mol. The van der Waals surface area contributed by atoms with Crippen molar-refractivity contribution in [2.75, 3.05) is 10.6 Å². The molecule has 26 heavy (non-hydrogen) atoms. The minimum Gasteiger partial charge on any atom is -0.326 e. The normalized spacial score (nSPS) is 11.7. The molecule has 0 radical (unpaired) electrons. The quantitative estimate of drug-likeness (QED) is 0.523. The zero-order valence-electron chi connectivity index (χ0n) is 14.9. The van der Waals surface area contributed by atoms with Crippen LogP contribution in [-0.2, 0) is 9.59 Å². The van der Waals surface area contributed by atoms with Crippen molar-refractivity contribution >= 4 is 50.9 Å². The van der Waals surface area contributed by atoms with Crippen molar-refractivity contribution < 1.29 is 9.59 Å². The standard InChI is InChI=1S/C20H23BrN2O2S/c1-3-4-12-19(24)22-15-8-7-9-16(13-15)26-14(2)20(25)23-18-11-6-5-10-17(18)21/h5-11,13-14H,3-4,12H2,1-2H3,(H,22,24)(H,23,25). The molecule has 0 aromatic heterocycles. The number of benzene rings is 2. The zero-order valence-corrected chi connectivity index (χ0v) is 17.3. The summed E-state index contributed by atoms with van der Waals surface area (Å²) in [7, 11) is 0. The van der Waals surface area contributed by atoms with E-state index in [-0.39, 0.29) is 17.1 Å². The van der Waals surface area contributed by atoms with Gasteiger partial charge >= 0.3 is 0 Å². The number of thioether (sulfide) groups is 1. The molecule has 6 heteroatoms. The van der Waals surface area contributed by atoms with Gasteiger partial charge in [0, 0.05) is 21.5 Å². The lowest BCUT2D eigenvalue weighted by Crippen LogP contribution is -2.22. The van der Waals surface area contributed by atoms with Gasteiger partial charge in [0.05, 0.1) is 10.9 Å². The third kappa shape index (κ3) is 6.50. The average Bonchev–Trinajstić information content (AvgIpc) is 2.62. The highest BCUT2D eigenvalue weighted by Crippen LogP contribution is 2.28. The van der Waals surface area contributed by atoms with Gasteiger partial charge in [0.2, 0.25) is 11.8 Å². The Morgan fingerprint density at radius 2 is 1.88 bits per heavy atom. The van der Waals surface area contributed by atoms with Gasteiger partial charge in [-0.05, 0) is 59.6 Å². The van der Waals surface area contributed by atoms with E-state index in [2.05, 4.69) is 33.5 Å². The van der Waals surface area contributed by atoms with Crippen LogP contribution < -0.4 is 10.6 Å². The third-order valence-electron chi connectivity index (χ3n) is 3.69. The second kappa shape index (κ2) is 10.4. The van der Waals surface area contributed by atoms with E-state index in [9.17, 15) is 9.59 Å². The molecule has 0 bridgehead atoms. The van der Waals surface area contributed by atoms with Crippen LogP contribution in [0.25, 0.3) is 0 Å². The molecule has 4 nitrogen and oxygen atoms in total. The molecule has 0 heterocycles. The number of carbonyl (C=O) groups is 2. The third-order valence-corrected chi connectivity index (χ3v) is 5.47. The van der Waals surface area contributed by atoms with Gasteiger partial charge in [0.1, 0.15) is 0 Å². The number of amides is 2. The lowest BCUT2D eigenvalue weighted by atomic mass is 10.2. The van der Waals surface area contributed by atoms with Crippen LogP contribution in [0.3, 0.4) is 0 Å². The van der Waals surface area contributed by atoms with Gasteiger partial charge in [-0.25, -0.2) is 0 Å². The Bertz CT molecular complexity index is 767. The number of carbonyl (C=O) groups excluding carboxylic acids is 2. The van der Waals surface area contributed by atoms with E-state index in [1.54, 1.807) is 0 Å². The summed E-state index contributed by atoms with van der Waals surface area (Å²) in [5, 5.41) is 5.56. The first-order valence-electron chi connectivity index (χ1n) is 8.61. The highest BCUT2D eigenvalue weighted by Gasteiger charge is 2.16. The predicted octanol–water partition coefficient (Wildman–Crippen LogP) is 5.70. The largest absolute Gasteiger partial charge is 0.326 e. The summed E-state index contributed by atoms with van der Waals surface area (Å²) >= 11 is 4.89. The fourth-order valence-corrected chi connectivity index (χ4v) is 3.57. The molecular formula is C20H23BrN2O2S. The van der Waals surface area contributed by atoms with Crippen LogP contribution in [0.5, 0.6) is 0 Å². The van der Waals surface area contributed by atoms with E-state index in [1.165, 1.54) is 11.8 Å². The van der Waals surface area contributed by atoms with Crippen molar-refractivity contribution in [1.29, 1.82) is 0 Å². The van der Waals surface area contributed by atoms with Crippen LogP contribution >= 0.6 is 27.7 Å². The molecule has 0 saturated heterocycles. The van der Waals surface area contributed by atoms with Gasteiger partial charge in [-0.1, -0.05) is 31.5 Å². The van der Waals surface area contributed by atoms with Gasteiger partial charge in [-0.2, -0.15) is 0 Å². The van der Waals surface area contributed by atoms with Crippen LogP contribution in [0.1, 0.15) is 33.1 Å². The Kier molecular flexibility index (Phi) is 8.19. The van der Waals surface area contributed by atoms with Gasteiger partial charge < -0.3 is 10.6 Å². The number of unbranched alkanes of at least 4 members (excludes halogenated alkanes) is 1. The molecule has 0 fully saturated rings. The molecule has 0 aliphatic rings. The molecule has 1 unspecified atom stereocenters. The van der Waals surface area contributed by atoms with E-state index < -0.39 is 0 Å². The van der Waals surface area contributed by atoms with Crippen molar-refractivity contribution in [3.63, 3.8) is 0 Å². The molecule has 0 spiro atoms. The molecule has 0 aliphatic carbocycles. The monoisotopic (exact) mass is 434 g/mol. The van der Waals surface area contributed by atoms with E-state index in [4.69, 9.17) is 0 Å². The molecule has 2 aromatic carbocycles. The minimum absolute atomic E-state index is 0.0220. The number of hydrogen-bond donors (Lipinski definition) is 2. The maximum Gasteiger partial charge on any atom is 0.237 e. The number of anilines is 2. The maximum atomic E-state index is 12.4. The molecule has 0 aliphatic heterocycles. The first kappa shape index (κ1) is 20.5. The van der Waals surface area contributed by atoms with E-state index >= 15 is 0 Å². The summed E-state index contributed by atoms with van der Waals surface area (Å²) in [4.78, 5) is 25.2. The fourth-order valence-electron chi connectivity index (χ4n) is 2.26. The van der Waals surface area contributed by atoms with Crippen molar-refractivity contribution in [1.82, 2.24) is 0 Å². The number of para-hydroxylation sites is 1. The minimum atomic E-state index is -0.270. The number of nitrogens with one attached hydrogen (secondary N) is 2. The summed E-state index contributed by atoms with van der Waals surface area (Å²) in [5.41, 5.74) is 1.51. The van der Waals surface area contributed by atoms with Gasteiger partial charge in [0.25, 0.3) is 0 Å². The second-order valence-electron chi connectivity index (χ2n) is 5.91. The first-order valence-corrected chi connectivity index (χ1v) is 10.3. The van der Waals surface area contributed by atoms with Crippen molar-refractivity contribution in [2.45, 2.75) is 43.3 Å². The topological polar surface area (TPSA) is 58.2 Å². The SMILES string of the molecule is CCCCC(=O)Nc1cccc(SC(C)C(=O)Nc2ccccc2Br)c1. The maximum absolute atomic E-state index is 12.4. The molecular weight excluding hydrogens is 412 g/mol. The van der Waals surface area contributed by atoms with Crippen LogP contribution in [0, 0.1) is 0 Å². The number of halogens is 1. The highest BCUT2D eigenvalue weighted by atomic mass is 79.9. The van der Waals surface area contributed by atoms with Gasteiger partial charge in [0.15, 0.2) is 0 Å². The fraction of sp³-hybridized carbons (Fsp3) is 0.300. The van der Waals surface area contributed by atoms with Crippen molar-refractivity contribution in [3.8, 4) is 0 Å². The summed E-state index contributed by atoms with van der Waals surface area (Å²) in [6.45, 7) is 3.92. The lowest BCUT2D eigenvalue weighted by molar-refractivity contribution is -0.116. The summed E-state index contributed by atoms with van der Waals surface area (Å²) < 4.78 is 0.849. The van der Waals surface area contributed by atoms with Crippen molar-refractivity contribution in [2.24, 2.45) is 0 Å². The lowest BCUT2D eigenvalue weighted by Gasteiger charge is -2.14. The summed E-state index contributed by atoms with van der Waals surface area (Å²) in [5.74, 6) is -0.0481. The van der Waals surface area contributed by atoms with E-state index in [0.717, 1.165) is 33.6 Å². The van der Waals surface area contributed by atoms with Gasteiger partial charge in [-0.3, -0.25) is 9.59 Å². The average molecular weight is 435 g/mol. The molecule has 2 N–H and O–H groups in total. The Balaban J connectivity index is 1.95. The first-order chi connectivity index (χ1) is 12.5. The second-order valence-corrected chi connectivity index (χ2v) is 8.18. The molecule has 2 aromatic rings. The molecule has 0 saturated carbocycles. The molecule has 2 amide bonds. The van der Waals surface area contributed by atoms with Crippen molar-refractivity contribution in [3.05, 3.63) is 53.0 Å². The van der Waals surface area contributed by atoms with E-state index in [0.29, 0.717) is 6.42 Å². The Morgan fingerprint density at radius 1 is 1.12 bits per heavy atom. The van der Waals surface area contributed by atoms with Gasteiger partial charge in [-0.15, -0.1) is 11.8 Å². The van der Waals surface area contributed by atoms with Crippen LogP contribution in [0.2, 0.25) is 0 Å². The Labute approximate surface area is 167 Å². The van der Waals surface area contributed by atoms with E-state index in [1.807, 2.05) is 55.5 Å². The Hall–Kier alpha value is -1.79. The van der Waals surface area contributed by atoms with Crippen LogP contribution in [0.4, 0.5) is 11.4 Å².